The van der Waals surface area contributed by atoms with Gasteiger partial charge in [-0.2, -0.15) is 0 Å². The summed E-state index contributed by atoms with van der Waals surface area (Å²) in [6, 6.07) is 8.42. The molecule has 2 N–H and O–H groups in total. The highest BCUT2D eigenvalue weighted by molar-refractivity contribution is 6.04. The van der Waals surface area contributed by atoms with Gasteiger partial charge in [-0.1, -0.05) is 12.1 Å². The number of para-hydroxylation sites is 2. The first-order valence-electron chi connectivity index (χ1n) is 6.32. The molecule has 0 aliphatic heterocycles. The van der Waals surface area contributed by atoms with Gasteiger partial charge < -0.3 is 15.0 Å². The zero-order valence-corrected chi connectivity index (χ0v) is 11.3. The maximum atomic E-state index is 12.1. The maximum absolute atomic E-state index is 12.1. The van der Waals surface area contributed by atoms with Gasteiger partial charge in [0.2, 0.25) is 0 Å². The van der Waals surface area contributed by atoms with Crippen molar-refractivity contribution in [2.45, 2.75) is 20.0 Å². The second-order valence-electron chi connectivity index (χ2n) is 4.54. The molecule has 1 aromatic carbocycles. The van der Waals surface area contributed by atoms with E-state index in [-0.39, 0.29) is 17.1 Å². The standard InChI is InChI=1S/C15H16N2O3/c1-10(2)20-14-6-4-3-5-12(14)17-15(19)11-9-16-8-7-13(11)18/h3-10H,1-2H3,(H,16,18)(H,17,19). The summed E-state index contributed by atoms with van der Waals surface area (Å²) in [4.78, 5) is 26.4. The summed E-state index contributed by atoms with van der Waals surface area (Å²) in [5.74, 6) is 0.106. The molecule has 104 valence electrons. The molecule has 2 aromatic rings. The molecule has 2 rings (SSSR count). The van der Waals surface area contributed by atoms with E-state index in [1.165, 1.54) is 18.5 Å². The molecule has 0 unspecified atom stereocenters. The summed E-state index contributed by atoms with van der Waals surface area (Å²) in [5, 5.41) is 2.69. The van der Waals surface area contributed by atoms with Gasteiger partial charge in [-0.05, 0) is 26.0 Å². The predicted octanol–water partition coefficient (Wildman–Crippen LogP) is 2.41. The summed E-state index contributed by atoms with van der Waals surface area (Å²) < 4.78 is 5.61. The number of H-pyrrole nitrogens is 1. The molecular formula is C15H16N2O3. The lowest BCUT2D eigenvalue weighted by Crippen LogP contribution is -2.21. The van der Waals surface area contributed by atoms with Crippen molar-refractivity contribution >= 4 is 11.6 Å². The molecule has 0 atom stereocenters. The quantitative estimate of drug-likeness (QED) is 0.897. The molecule has 5 heteroatoms. The van der Waals surface area contributed by atoms with E-state index in [2.05, 4.69) is 10.3 Å². The predicted molar refractivity (Wildman–Crippen MR) is 77.2 cm³/mol. The lowest BCUT2D eigenvalue weighted by Gasteiger charge is -2.14. The molecule has 0 saturated heterocycles. The molecule has 20 heavy (non-hydrogen) atoms. The molecule has 5 nitrogen and oxygen atoms in total. The molecule has 0 bridgehead atoms. The van der Waals surface area contributed by atoms with Crippen molar-refractivity contribution in [3.63, 3.8) is 0 Å². The van der Waals surface area contributed by atoms with E-state index in [1.54, 1.807) is 18.2 Å². The minimum atomic E-state index is -0.466. The van der Waals surface area contributed by atoms with Gasteiger partial charge >= 0.3 is 0 Å². The maximum Gasteiger partial charge on any atom is 0.261 e. The molecule has 0 aliphatic rings. The number of ether oxygens (including phenoxy) is 1. The Morgan fingerprint density at radius 2 is 2.00 bits per heavy atom. The second kappa shape index (κ2) is 6.06. The number of nitrogens with one attached hydrogen (secondary N) is 2. The number of carbonyl (C=O) groups excluding carboxylic acids is 1. The molecule has 1 aromatic heterocycles. The molecular weight excluding hydrogens is 256 g/mol. The van der Waals surface area contributed by atoms with Crippen molar-refractivity contribution in [3.05, 3.63) is 58.5 Å². The highest BCUT2D eigenvalue weighted by atomic mass is 16.5. The van der Waals surface area contributed by atoms with Crippen LogP contribution in [-0.2, 0) is 0 Å². The van der Waals surface area contributed by atoms with Crippen LogP contribution in [0.5, 0.6) is 5.75 Å². The molecule has 0 aliphatic carbocycles. The minimum Gasteiger partial charge on any atom is -0.489 e. The molecule has 0 fully saturated rings. The van der Waals surface area contributed by atoms with Crippen LogP contribution < -0.4 is 15.5 Å². The summed E-state index contributed by atoms with van der Waals surface area (Å²) in [6.45, 7) is 3.81. The van der Waals surface area contributed by atoms with Gasteiger partial charge in [-0.3, -0.25) is 9.59 Å². The Balaban J connectivity index is 2.24. The van der Waals surface area contributed by atoms with Gasteiger partial charge in [0.05, 0.1) is 11.8 Å². The second-order valence-corrected chi connectivity index (χ2v) is 4.54. The number of aromatic amines is 1. The van der Waals surface area contributed by atoms with E-state index in [9.17, 15) is 9.59 Å². The van der Waals surface area contributed by atoms with Crippen molar-refractivity contribution in [2.24, 2.45) is 0 Å². The molecule has 1 amide bonds. The Morgan fingerprint density at radius 1 is 1.25 bits per heavy atom. The third kappa shape index (κ3) is 3.26. The Kier molecular flexibility index (Phi) is 4.20. The highest BCUT2D eigenvalue weighted by Crippen LogP contribution is 2.25. The number of amides is 1. The van der Waals surface area contributed by atoms with Gasteiger partial charge in [0.25, 0.3) is 5.91 Å². The zero-order chi connectivity index (χ0) is 14.5. The number of anilines is 1. The number of benzene rings is 1. The van der Waals surface area contributed by atoms with Gasteiger partial charge in [0.15, 0.2) is 5.43 Å². The van der Waals surface area contributed by atoms with Gasteiger partial charge in [0.1, 0.15) is 11.3 Å². The lowest BCUT2D eigenvalue weighted by atomic mass is 10.2. The number of hydrogen-bond acceptors (Lipinski definition) is 3. The van der Waals surface area contributed by atoms with Crippen molar-refractivity contribution in [1.82, 2.24) is 4.98 Å². The fourth-order valence-corrected chi connectivity index (χ4v) is 1.71. The summed E-state index contributed by atoms with van der Waals surface area (Å²) in [7, 11) is 0. The highest BCUT2D eigenvalue weighted by Gasteiger charge is 2.12. The van der Waals surface area contributed by atoms with Crippen LogP contribution in [0.1, 0.15) is 24.2 Å². The van der Waals surface area contributed by atoms with Crippen molar-refractivity contribution in [2.75, 3.05) is 5.32 Å². The average Bonchev–Trinajstić information content (AvgIpc) is 2.41. The number of hydrogen-bond donors (Lipinski definition) is 2. The van der Waals surface area contributed by atoms with E-state index in [0.717, 1.165) is 0 Å². The Hall–Kier alpha value is -2.56. The number of aromatic nitrogens is 1. The van der Waals surface area contributed by atoms with Crippen LogP contribution in [0.4, 0.5) is 5.69 Å². The molecule has 0 radical (unpaired) electrons. The van der Waals surface area contributed by atoms with E-state index in [4.69, 9.17) is 4.74 Å². The molecule has 0 spiro atoms. The van der Waals surface area contributed by atoms with Crippen LogP contribution in [0, 0.1) is 0 Å². The van der Waals surface area contributed by atoms with Gasteiger partial charge in [-0.25, -0.2) is 0 Å². The number of carbonyl (C=O) groups is 1. The summed E-state index contributed by atoms with van der Waals surface area (Å²) in [6.07, 6.45) is 2.85. The van der Waals surface area contributed by atoms with Gasteiger partial charge in [0, 0.05) is 18.5 Å². The third-order valence-electron chi connectivity index (χ3n) is 2.57. The van der Waals surface area contributed by atoms with E-state index >= 15 is 0 Å². The summed E-state index contributed by atoms with van der Waals surface area (Å²) >= 11 is 0. The average molecular weight is 272 g/mol. The third-order valence-corrected chi connectivity index (χ3v) is 2.57. The first-order valence-corrected chi connectivity index (χ1v) is 6.32. The van der Waals surface area contributed by atoms with E-state index in [0.29, 0.717) is 11.4 Å². The fourth-order valence-electron chi connectivity index (χ4n) is 1.71. The normalized spacial score (nSPS) is 10.3. The lowest BCUT2D eigenvalue weighted by molar-refractivity contribution is 0.102. The summed E-state index contributed by atoms with van der Waals surface area (Å²) in [5.41, 5.74) is 0.268. The SMILES string of the molecule is CC(C)Oc1ccccc1NC(=O)c1c[nH]ccc1=O. The van der Waals surface area contributed by atoms with Crippen LogP contribution in [0.3, 0.4) is 0 Å². The molecule has 1 heterocycles. The van der Waals surface area contributed by atoms with Crippen molar-refractivity contribution in [3.8, 4) is 5.75 Å². The first-order chi connectivity index (χ1) is 9.58. The van der Waals surface area contributed by atoms with Crippen LogP contribution in [0.25, 0.3) is 0 Å². The van der Waals surface area contributed by atoms with Crippen molar-refractivity contribution < 1.29 is 9.53 Å². The minimum absolute atomic E-state index is 0.00631. The smallest absolute Gasteiger partial charge is 0.261 e. The first kappa shape index (κ1) is 13.9. The largest absolute Gasteiger partial charge is 0.489 e. The Morgan fingerprint density at radius 3 is 2.70 bits per heavy atom. The van der Waals surface area contributed by atoms with E-state index < -0.39 is 5.91 Å². The number of rotatable bonds is 4. The van der Waals surface area contributed by atoms with Crippen LogP contribution in [0.2, 0.25) is 0 Å². The van der Waals surface area contributed by atoms with Gasteiger partial charge in [-0.15, -0.1) is 0 Å². The van der Waals surface area contributed by atoms with Crippen molar-refractivity contribution in [1.29, 1.82) is 0 Å². The zero-order valence-electron chi connectivity index (χ0n) is 11.3. The topological polar surface area (TPSA) is 71.2 Å². The Labute approximate surface area is 116 Å². The monoisotopic (exact) mass is 272 g/mol. The van der Waals surface area contributed by atoms with E-state index in [1.807, 2.05) is 19.9 Å². The fraction of sp³-hybridized carbons (Fsp3) is 0.200. The van der Waals surface area contributed by atoms with Crippen LogP contribution >= 0.6 is 0 Å². The van der Waals surface area contributed by atoms with Crippen LogP contribution in [-0.4, -0.2) is 17.0 Å². The number of pyridine rings is 1. The van der Waals surface area contributed by atoms with Crippen LogP contribution in [0.15, 0.2) is 47.5 Å². The Bertz CT molecular complexity index is 662. The molecule has 0 saturated carbocycles.